The summed E-state index contributed by atoms with van der Waals surface area (Å²) in [7, 11) is 0. The van der Waals surface area contributed by atoms with Crippen molar-refractivity contribution in [2.75, 3.05) is 9.80 Å². The summed E-state index contributed by atoms with van der Waals surface area (Å²) in [6.45, 7) is 0. The van der Waals surface area contributed by atoms with E-state index in [2.05, 4.69) is 10.6 Å². The van der Waals surface area contributed by atoms with Crippen LogP contribution in [0.2, 0.25) is 0 Å². The van der Waals surface area contributed by atoms with Gasteiger partial charge in [0.05, 0.1) is 27.6 Å². The number of anilines is 6. The first-order valence-corrected chi connectivity index (χ1v) is 22.5. The third-order valence-corrected chi connectivity index (χ3v) is 12.9. The summed E-state index contributed by atoms with van der Waals surface area (Å²) in [6, 6.07) is 63.1. The first-order valence-electron chi connectivity index (χ1n) is 22.5. The molecule has 0 bridgehead atoms. The van der Waals surface area contributed by atoms with E-state index in [1.165, 1.54) is 41.3 Å². The topological polar surface area (TPSA) is 16.3 Å². The first-order chi connectivity index (χ1) is 34.2. The van der Waals surface area contributed by atoms with E-state index in [4.69, 9.17) is 0 Å². The lowest BCUT2D eigenvalue weighted by molar-refractivity contribution is 0.461. The normalized spacial score (nSPS) is 11.6. The number of aromatic nitrogens is 2. The molecule has 12 aromatic rings. The van der Waals surface area contributed by atoms with Gasteiger partial charge in [-0.15, -0.1) is 0 Å². The Hall–Kier alpha value is -9.02. The standard InChI is InChI=1S/C60H36F6N4/c61-38-21-27-43(28-22-38)69-51-17-9-7-15-47(51)49-35-45(31-33-53(49)69)67(40-11-3-1-4-12-40)42-25-19-37(20-26-42)55-56(63)58(65)60(59(66)57(55)64)68(41-13-5-2-6-14-41)46-32-34-54-50(36-46)48-16-8-10-18-52(48)70(54)44-29-23-39(62)24-30-44/h1-36H. The molecule has 70 heavy (non-hydrogen) atoms. The fourth-order valence-electron chi connectivity index (χ4n) is 9.79. The Morgan fingerprint density at radius 1 is 0.286 bits per heavy atom. The van der Waals surface area contributed by atoms with Crippen LogP contribution < -0.4 is 9.80 Å². The summed E-state index contributed by atoms with van der Waals surface area (Å²) in [4.78, 5) is 3.16. The minimum Gasteiger partial charge on any atom is -0.310 e. The van der Waals surface area contributed by atoms with Crippen molar-refractivity contribution in [2.24, 2.45) is 0 Å². The highest BCUT2D eigenvalue weighted by atomic mass is 19.2. The Morgan fingerprint density at radius 3 is 1.13 bits per heavy atom. The molecule has 0 aliphatic rings. The zero-order chi connectivity index (χ0) is 47.6. The summed E-state index contributed by atoms with van der Waals surface area (Å²) in [5.41, 5.74) is 5.69. The van der Waals surface area contributed by atoms with Crippen molar-refractivity contribution in [3.8, 4) is 22.5 Å². The van der Waals surface area contributed by atoms with Crippen LogP contribution in [-0.2, 0) is 0 Å². The highest BCUT2D eigenvalue weighted by Crippen LogP contribution is 2.46. The van der Waals surface area contributed by atoms with Crippen molar-refractivity contribution in [3.05, 3.63) is 253 Å². The van der Waals surface area contributed by atoms with Gasteiger partial charge in [0.15, 0.2) is 23.3 Å². The van der Waals surface area contributed by atoms with Crippen LogP contribution in [0.3, 0.4) is 0 Å². The first kappa shape index (κ1) is 42.3. The average Bonchev–Trinajstić information content (AvgIpc) is 3.91. The molecule has 0 spiro atoms. The van der Waals surface area contributed by atoms with Crippen molar-refractivity contribution < 1.29 is 26.3 Å². The van der Waals surface area contributed by atoms with E-state index >= 15 is 17.6 Å². The van der Waals surface area contributed by atoms with Crippen LogP contribution in [0, 0.1) is 34.9 Å². The van der Waals surface area contributed by atoms with E-state index in [0.29, 0.717) is 16.8 Å². The smallest absolute Gasteiger partial charge is 0.186 e. The Balaban J connectivity index is 0.957. The van der Waals surface area contributed by atoms with E-state index in [-0.39, 0.29) is 28.6 Å². The maximum Gasteiger partial charge on any atom is 0.186 e. The largest absolute Gasteiger partial charge is 0.310 e. The Bertz CT molecular complexity index is 3920. The van der Waals surface area contributed by atoms with Gasteiger partial charge in [0.2, 0.25) is 0 Å². The molecule has 338 valence electrons. The third-order valence-electron chi connectivity index (χ3n) is 12.9. The minimum atomic E-state index is -1.57. The molecule has 0 N–H and O–H groups in total. The van der Waals surface area contributed by atoms with Crippen molar-refractivity contribution in [1.29, 1.82) is 0 Å². The molecule has 0 fully saturated rings. The molecule has 0 amide bonds. The molecular weight excluding hydrogens is 891 g/mol. The zero-order valence-electron chi connectivity index (χ0n) is 36.8. The number of halogens is 6. The molecule has 0 radical (unpaired) electrons. The number of benzene rings is 10. The molecule has 4 nitrogen and oxygen atoms in total. The van der Waals surface area contributed by atoms with Gasteiger partial charge < -0.3 is 18.9 Å². The second kappa shape index (κ2) is 16.9. The summed E-state index contributed by atoms with van der Waals surface area (Å²) >= 11 is 0. The number of hydrogen-bond donors (Lipinski definition) is 0. The molecular formula is C60H36F6N4. The minimum absolute atomic E-state index is 0.0739. The van der Waals surface area contributed by atoms with Crippen molar-refractivity contribution in [2.45, 2.75) is 0 Å². The summed E-state index contributed by atoms with van der Waals surface area (Å²) < 4.78 is 99.6. The maximum absolute atomic E-state index is 17.0. The molecule has 0 saturated heterocycles. The fourth-order valence-corrected chi connectivity index (χ4v) is 9.79. The highest BCUT2D eigenvalue weighted by molar-refractivity contribution is 6.12. The summed E-state index contributed by atoms with van der Waals surface area (Å²) in [5.74, 6) is -6.98. The second-order valence-electron chi connectivity index (χ2n) is 16.9. The van der Waals surface area contributed by atoms with Crippen molar-refractivity contribution in [3.63, 3.8) is 0 Å². The quantitative estimate of drug-likeness (QED) is 0.106. The van der Waals surface area contributed by atoms with Crippen LogP contribution in [0.25, 0.3) is 66.1 Å². The summed E-state index contributed by atoms with van der Waals surface area (Å²) in [6.07, 6.45) is 0. The Labute approximate surface area is 397 Å². The van der Waals surface area contributed by atoms with Gasteiger partial charge in [0.1, 0.15) is 17.3 Å². The lowest BCUT2D eigenvalue weighted by Crippen LogP contribution is -2.16. The predicted octanol–water partition coefficient (Wildman–Crippen LogP) is 17.3. The Kier molecular flexibility index (Phi) is 10.2. The number of fused-ring (bicyclic) bond motifs is 6. The zero-order valence-corrected chi connectivity index (χ0v) is 36.8. The fraction of sp³-hybridized carbons (Fsp3) is 0. The molecule has 2 aromatic heterocycles. The molecule has 10 aromatic carbocycles. The number of rotatable bonds is 9. The lowest BCUT2D eigenvalue weighted by Gasteiger charge is -2.27. The van der Waals surface area contributed by atoms with Crippen LogP contribution in [0.5, 0.6) is 0 Å². The van der Waals surface area contributed by atoms with Crippen molar-refractivity contribution in [1.82, 2.24) is 9.13 Å². The maximum atomic E-state index is 17.0. The third kappa shape index (κ3) is 6.94. The van der Waals surface area contributed by atoms with Crippen LogP contribution in [0.1, 0.15) is 0 Å². The van der Waals surface area contributed by atoms with E-state index in [1.807, 2.05) is 100 Å². The van der Waals surface area contributed by atoms with E-state index < -0.39 is 34.5 Å². The van der Waals surface area contributed by atoms with Crippen molar-refractivity contribution >= 4 is 77.7 Å². The number of hydrogen-bond acceptors (Lipinski definition) is 2. The van der Waals surface area contributed by atoms with Crippen LogP contribution >= 0.6 is 0 Å². The van der Waals surface area contributed by atoms with Crippen LogP contribution in [0.15, 0.2) is 218 Å². The van der Waals surface area contributed by atoms with E-state index in [0.717, 1.165) is 55.3 Å². The van der Waals surface area contributed by atoms with Gasteiger partial charge in [-0.3, -0.25) is 0 Å². The van der Waals surface area contributed by atoms with Gasteiger partial charge in [-0.05, 0) is 139 Å². The monoisotopic (exact) mass is 926 g/mol. The molecule has 12 rings (SSSR count). The SMILES string of the molecule is Fc1ccc(-n2c3ccccc3c3cc(N(c4ccccc4)c4ccc(-c5c(F)c(F)c(N(c6ccccc6)c6ccc7c(c6)c6ccccc6n7-c6ccc(F)cc6)c(F)c5F)cc4)ccc32)cc1. The molecule has 2 heterocycles. The second-order valence-corrected chi connectivity index (χ2v) is 16.9. The van der Waals surface area contributed by atoms with Gasteiger partial charge in [-0.1, -0.05) is 84.9 Å². The van der Waals surface area contributed by atoms with Crippen LogP contribution in [0.4, 0.5) is 60.5 Å². The number of nitrogens with zero attached hydrogens (tertiary/aromatic N) is 4. The molecule has 10 heteroatoms. The van der Waals surface area contributed by atoms with Crippen LogP contribution in [-0.4, -0.2) is 9.13 Å². The molecule has 0 unspecified atom stereocenters. The molecule has 0 saturated carbocycles. The Morgan fingerprint density at radius 2 is 0.657 bits per heavy atom. The number of para-hydroxylation sites is 4. The molecule has 0 aliphatic carbocycles. The van der Waals surface area contributed by atoms with Gasteiger partial charge in [-0.2, -0.15) is 0 Å². The van der Waals surface area contributed by atoms with Gasteiger partial charge in [0, 0.05) is 61.4 Å². The predicted molar refractivity (Wildman–Crippen MR) is 270 cm³/mol. The van der Waals surface area contributed by atoms with E-state index in [9.17, 15) is 8.78 Å². The molecule has 0 aliphatic heterocycles. The van der Waals surface area contributed by atoms with Gasteiger partial charge >= 0.3 is 0 Å². The average molecular weight is 927 g/mol. The van der Waals surface area contributed by atoms with Gasteiger partial charge in [-0.25, -0.2) is 26.3 Å². The lowest BCUT2D eigenvalue weighted by atomic mass is 10.0. The highest BCUT2D eigenvalue weighted by Gasteiger charge is 2.32. The van der Waals surface area contributed by atoms with E-state index in [1.54, 1.807) is 84.9 Å². The van der Waals surface area contributed by atoms with Gasteiger partial charge in [0.25, 0.3) is 0 Å². The molecule has 0 atom stereocenters. The summed E-state index contributed by atoms with van der Waals surface area (Å²) in [5, 5.41) is 3.41.